The summed E-state index contributed by atoms with van der Waals surface area (Å²) in [6.45, 7) is 1.59. The molecule has 1 N–H and O–H groups in total. The molecular formula is C10H9O5Y+2. The van der Waals surface area contributed by atoms with E-state index >= 15 is 0 Å². The number of carbonyl (C=O) groups excluding carboxylic acids is 1. The first-order valence-corrected chi connectivity index (χ1v) is 4.06. The first-order valence-electron chi connectivity index (χ1n) is 4.06. The van der Waals surface area contributed by atoms with Gasteiger partial charge in [0.05, 0.1) is 12.9 Å². The van der Waals surface area contributed by atoms with Crippen molar-refractivity contribution in [2.45, 2.75) is 6.92 Å². The monoisotopic (exact) mass is 298 g/mol. The van der Waals surface area contributed by atoms with Gasteiger partial charge < -0.3 is 19.4 Å². The van der Waals surface area contributed by atoms with E-state index in [2.05, 4.69) is 10.8 Å². The molecule has 0 aromatic heterocycles. The Kier molecular flexibility index (Phi) is 6.22. The van der Waals surface area contributed by atoms with Crippen molar-refractivity contribution in [1.82, 2.24) is 0 Å². The van der Waals surface area contributed by atoms with Crippen molar-refractivity contribution in [3.05, 3.63) is 29.3 Å². The molecule has 0 aliphatic carbocycles. The Morgan fingerprint density at radius 2 is 2.00 bits per heavy atom. The standard InChI is InChI=1S/C10H9O5.Y/c1-6-5-7(9(11)12)3-4-8(6)15-10(13)14-2;/h3-4H,1-2H3,(H,11,12);/q-1;+3. The van der Waals surface area contributed by atoms with Crippen LogP contribution >= 0.6 is 0 Å². The molecule has 1 aromatic carbocycles. The van der Waals surface area contributed by atoms with Gasteiger partial charge in [-0.3, -0.25) is 0 Å². The van der Waals surface area contributed by atoms with Crippen molar-refractivity contribution >= 4 is 12.1 Å². The fourth-order valence-electron chi connectivity index (χ4n) is 0.956. The fourth-order valence-corrected chi connectivity index (χ4v) is 0.956. The van der Waals surface area contributed by atoms with Crippen LogP contribution in [0.3, 0.4) is 0 Å². The molecule has 0 saturated carbocycles. The molecule has 0 aliphatic heterocycles. The minimum Gasteiger partial charge on any atom is -0.521 e. The van der Waals surface area contributed by atoms with E-state index in [1.54, 1.807) is 6.92 Å². The summed E-state index contributed by atoms with van der Waals surface area (Å²) in [5, 5.41) is 8.66. The zero-order valence-electron chi connectivity index (χ0n) is 8.81. The molecule has 0 radical (unpaired) electrons. The third kappa shape index (κ3) is 3.91. The van der Waals surface area contributed by atoms with Gasteiger partial charge in [-0.25, -0.2) is 4.79 Å². The van der Waals surface area contributed by atoms with Crippen molar-refractivity contribution in [1.29, 1.82) is 0 Å². The Balaban J connectivity index is 0.00000225. The smallest absolute Gasteiger partial charge is 0.521 e. The molecule has 1 aromatic rings. The third-order valence-electron chi connectivity index (χ3n) is 1.68. The van der Waals surface area contributed by atoms with Crippen LogP contribution in [-0.2, 0) is 37.4 Å². The SMILES string of the molecule is COC(=O)Oc1ccc(C(=O)O)[c-]c1C.[Y+3]. The molecule has 1 rings (SSSR count). The van der Waals surface area contributed by atoms with E-state index in [9.17, 15) is 9.59 Å². The molecule has 0 heterocycles. The number of carboxylic acid groups (broad SMARTS) is 1. The Labute approximate surface area is 118 Å². The van der Waals surface area contributed by atoms with Gasteiger partial charge in [-0.2, -0.15) is 0 Å². The average Bonchev–Trinajstić information content (AvgIpc) is 2.20. The normalized spacial score (nSPS) is 8.88. The van der Waals surface area contributed by atoms with Crippen LogP contribution in [0.4, 0.5) is 4.79 Å². The maximum Gasteiger partial charge on any atom is 3.00 e. The molecular weight excluding hydrogens is 289 g/mol. The summed E-state index contributed by atoms with van der Waals surface area (Å²) < 4.78 is 9.04. The largest absolute Gasteiger partial charge is 3.00 e. The van der Waals surface area contributed by atoms with Gasteiger partial charge in [-0.1, -0.05) is 18.1 Å². The van der Waals surface area contributed by atoms with Crippen LogP contribution in [0.2, 0.25) is 0 Å². The van der Waals surface area contributed by atoms with Crippen molar-refractivity contribution < 1.29 is 56.9 Å². The second-order valence-corrected chi connectivity index (χ2v) is 2.72. The van der Waals surface area contributed by atoms with Crippen molar-refractivity contribution in [2.75, 3.05) is 7.11 Å². The van der Waals surface area contributed by atoms with Crippen LogP contribution in [0.15, 0.2) is 12.1 Å². The number of benzene rings is 1. The number of rotatable bonds is 2. The van der Waals surface area contributed by atoms with E-state index < -0.39 is 12.1 Å². The van der Waals surface area contributed by atoms with Gasteiger partial charge in [0.15, 0.2) is 0 Å². The van der Waals surface area contributed by atoms with Crippen LogP contribution < -0.4 is 4.74 Å². The van der Waals surface area contributed by atoms with Gasteiger partial charge in [-0.15, -0.1) is 18.2 Å². The second kappa shape index (κ2) is 6.60. The van der Waals surface area contributed by atoms with E-state index in [1.165, 1.54) is 19.2 Å². The summed E-state index contributed by atoms with van der Waals surface area (Å²) in [7, 11) is 1.19. The van der Waals surface area contributed by atoms with Crippen molar-refractivity contribution in [3.8, 4) is 5.75 Å². The Morgan fingerprint density at radius 3 is 2.44 bits per heavy atom. The summed E-state index contributed by atoms with van der Waals surface area (Å²) in [6.07, 6.45) is -0.852. The summed E-state index contributed by atoms with van der Waals surface area (Å²) in [6, 6.07) is 5.25. The molecule has 0 aliphatic rings. The molecule has 0 atom stereocenters. The quantitative estimate of drug-likeness (QED) is 0.510. The van der Waals surface area contributed by atoms with Gasteiger partial charge in [0.25, 0.3) is 0 Å². The average molecular weight is 298 g/mol. The van der Waals surface area contributed by atoms with Crippen LogP contribution in [0.1, 0.15) is 15.9 Å². The van der Waals surface area contributed by atoms with Gasteiger partial charge in [0.2, 0.25) is 5.97 Å². The summed E-state index contributed by atoms with van der Waals surface area (Å²) in [5.74, 6) is -0.852. The predicted molar refractivity (Wildman–Crippen MR) is 50.0 cm³/mol. The second-order valence-electron chi connectivity index (χ2n) is 2.72. The van der Waals surface area contributed by atoms with Crippen molar-refractivity contribution in [3.63, 3.8) is 0 Å². The molecule has 5 nitrogen and oxygen atoms in total. The van der Waals surface area contributed by atoms with E-state index in [-0.39, 0.29) is 44.0 Å². The molecule has 0 spiro atoms. The fraction of sp³-hybridized carbons (Fsp3) is 0.200. The summed E-state index contributed by atoms with van der Waals surface area (Å²) >= 11 is 0. The predicted octanol–water partition coefficient (Wildman–Crippen LogP) is 1.64. The Hall–Kier alpha value is -0.936. The summed E-state index contributed by atoms with van der Waals surface area (Å²) in [5.41, 5.74) is 0.449. The third-order valence-corrected chi connectivity index (χ3v) is 1.68. The Bertz CT molecular complexity index is 402. The van der Waals surface area contributed by atoms with Crippen LogP contribution in [0.25, 0.3) is 0 Å². The molecule has 0 saturated heterocycles. The van der Waals surface area contributed by atoms with Crippen molar-refractivity contribution in [2.24, 2.45) is 0 Å². The minimum atomic E-state index is -1.08. The zero-order valence-corrected chi connectivity index (χ0v) is 11.7. The van der Waals surface area contributed by atoms with Crippen LogP contribution in [-0.4, -0.2) is 24.3 Å². The number of carboxylic acids is 1. The Morgan fingerprint density at radius 1 is 1.38 bits per heavy atom. The van der Waals surface area contributed by atoms with E-state index in [1.807, 2.05) is 0 Å². The number of aromatic carboxylic acids is 1. The topological polar surface area (TPSA) is 72.8 Å². The number of hydrogen-bond donors (Lipinski definition) is 1. The first-order chi connectivity index (χ1) is 7.04. The van der Waals surface area contributed by atoms with Gasteiger partial charge in [-0.05, 0) is 0 Å². The first kappa shape index (κ1) is 15.1. The number of hydrogen-bond acceptors (Lipinski definition) is 4. The molecule has 0 unspecified atom stereocenters. The summed E-state index contributed by atoms with van der Waals surface area (Å²) in [4.78, 5) is 21.4. The van der Waals surface area contributed by atoms with E-state index in [0.717, 1.165) is 0 Å². The van der Waals surface area contributed by atoms with Crippen LogP contribution in [0.5, 0.6) is 5.75 Å². The maximum absolute atomic E-state index is 10.8. The maximum atomic E-state index is 10.8. The number of aryl methyl sites for hydroxylation is 1. The van der Waals surface area contributed by atoms with Gasteiger partial charge in [0.1, 0.15) is 0 Å². The number of ether oxygens (including phenoxy) is 2. The molecule has 0 fully saturated rings. The number of carbonyl (C=O) groups is 2. The number of methoxy groups -OCH3 is 1. The molecule has 80 valence electrons. The van der Waals surface area contributed by atoms with Gasteiger partial charge >= 0.3 is 38.9 Å². The molecule has 16 heavy (non-hydrogen) atoms. The zero-order chi connectivity index (χ0) is 11.4. The minimum absolute atomic E-state index is 0. The van der Waals surface area contributed by atoms with E-state index in [0.29, 0.717) is 5.56 Å². The molecule has 0 bridgehead atoms. The van der Waals surface area contributed by atoms with E-state index in [4.69, 9.17) is 9.84 Å². The molecule has 6 heteroatoms. The van der Waals surface area contributed by atoms with Gasteiger partial charge in [0, 0.05) is 0 Å². The van der Waals surface area contributed by atoms with Crippen LogP contribution in [0, 0.1) is 13.0 Å². The molecule has 0 amide bonds.